The molecule has 0 spiro atoms. The van der Waals surface area contributed by atoms with Gasteiger partial charge >= 0.3 is 0 Å². The summed E-state index contributed by atoms with van der Waals surface area (Å²) in [4.78, 5) is 15.3. The number of benzene rings is 1. The van der Waals surface area contributed by atoms with E-state index in [1.54, 1.807) is 0 Å². The number of carbonyl (C=O) groups excluding carboxylic acids is 1. The molecule has 2 aromatic rings. The van der Waals surface area contributed by atoms with Crippen molar-refractivity contribution in [3.8, 4) is 6.07 Å². The van der Waals surface area contributed by atoms with Gasteiger partial charge in [-0.1, -0.05) is 25.1 Å². The van der Waals surface area contributed by atoms with E-state index in [-0.39, 0.29) is 11.9 Å². The second kappa shape index (κ2) is 6.91. The van der Waals surface area contributed by atoms with Crippen molar-refractivity contribution in [2.45, 2.75) is 38.3 Å². The van der Waals surface area contributed by atoms with E-state index < -0.39 is 6.04 Å². The SMILES string of the molecule is CCC(CC#N)NC(=O)[C@@H](N)Cc1c[nH]c2ccccc12. The molecule has 1 unspecified atom stereocenters. The minimum atomic E-state index is -0.614. The van der Waals surface area contributed by atoms with E-state index >= 15 is 0 Å². The monoisotopic (exact) mass is 284 g/mol. The summed E-state index contributed by atoms with van der Waals surface area (Å²) < 4.78 is 0. The lowest BCUT2D eigenvalue weighted by Crippen LogP contribution is -2.46. The van der Waals surface area contributed by atoms with E-state index in [1.165, 1.54) is 0 Å². The van der Waals surface area contributed by atoms with Gasteiger partial charge in [0.15, 0.2) is 0 Å². The fourth-order valence-corrected chi connectivity index (χ4v) is 2.35. The van der Waals surface area contributed by atoms with Crippen LogP contribution < -0.4 is 11.1 Å². The molecule has 0 aliphatic rings. The Morgan fingerprint density at radius 2 is 2.24 bits per heavy atom. The maximum atomic E-state index is 12.1. The van der Waals surface area contributed by atoms with Crippen molar-refractivity contribution in [1.29, 1.82) is 5.26 Å². The number of rotatable bonds is 6. The van der Waals surface area contributed by atoms with E-state index in [0.29, 0.717) is 12.8 Å². The van der Waals surface area contributed by atoms with Gasteiger partial charge in [-0.05, 0) is 24.5 Å². The van der Waals surface area contributed by atoms with Crippen molar-refractivity contribution in [3.05, 3.63) is 36.0 Å². The highest BCUT2D eigenvalue weighted by molar-refractivity contribution is 5.86. The van der Waals surface area contributed by atoms with E-state index in [4.69, 9.17) is 11.0 Å². The van der Waals surface area contributed by atoms with Gasteiger partial charge in [0.25, 0.3) is 0 Å². The predicted octanol–water partition coefficient (Wildman–Crippen LogP) is 1.85. The molecule has 21 heavy (non-hydrogen) atoms. The van der Waals surface area contributed by atoms with Crippen LogP contribution >= 0.6 is 0 Å². The fraction of sp³-hybridized carbons (Fsp3) is 0.375. The Morgan fingerprint density at radius 3 is 2.95 bits per heavy atom. The Labute approximate surface area is 124 Å². The molecule has 0 radical (unpaired) electrons. The predicted molar refractivity (Wildman–Crippen MR) is 82.4 cm³/mol. The van der Waals surface area contributed by atoms with Crippen molar-refractivity contribution in [3.63, 3.8) is 0 Å². The smallest absolute Gasteiger partial charge is 0.237 e. The zero-order chi connectivity index (χ0) is 15.2. The average Bonchev–Trinajstić information content (AvgIpc) is 2.90. The molecule has 0 saturated carbocycles. The molecule has 5 heteroatoms. The van der Waals surface area contributed by atoms with Crippen LogP contribution in [0.5, 0.6) is 0 Å². The number of nitrogens with zero attached hydrogens (tertiary/aromatic N) is 1. The number of hydrogen-bond acceptors (Lipinski definition) is 3. The highest BCUT2D eigenvalue weighted by Crippen LogP contribution is 2.18. The summed E-state index contributed by atoms with van der Waals surface area (Å²) >= 11 is 0. The summed E-state index contributed by atoms with van der Waals surface area (Å²) in [5, 5.41) is 12.6. The van der Waals surface area contributed by atoms with Crippen LogP contribution in [0.15, 0.2) is 30.5 Å². The normalized spacial score (nSPS) is 13.6. The van der Waals surface area contributed by atoms with Gasteiger partial charge in [-0.2, -0.15) is 5.26 Å². The standard InChI is InChI=1S/C16H20N4O/c1-2-12(7-8-17)20-16(21)14(18)9-11-10-19-15-6-4-3-5-13(11)15/h3-6,10,12,14,19H,2,7,9,18H2,1H3,(H,20,21)/t12?,14-/m0/s1. The lowest BCUT2D eigenvalue weighted by Gasteiger charge is -2.17. The third-order valence-electron chi connectivity index (χ3n) is 3.63. The maximum Gasteiger partial charge on any atom is 0.237 e. The molecule has 2 rings (SSSR count). The van der Waals surface area contributed by atoms with Crippen molar-refractivity contribution in [2.75, 3.05) is 0 Å². The van der Waals surface area contributed by atoms with E-state index in [9.17, 15) is 4.79 Å². The summed E-state index contributed by atoms with van der Waals surface area (Å²) in [5.41, 5.74) is 8.06. The number of carbonyl (C=O) groups is 1. The molecule has 0 saturated heterocycles. The van der Waals surface area contributed by atoms with Gasteiger partial charge < -0.3 is 16.0 Å². The molecule has 1 aromatic carbocycles. The molecule has 0 fully saturated rings. The number of nitriles is 1. The van der Waals surface area contributed by atoms with Crippen LogP contribution in [0, 0.1) is 11.3 Å². The number of hydrogen-bond donors (Lipinski definition) is 3. The molecule has 110 valence electrons. The quantitative estimate of drug-likeness (QED) is 0.755. The molecule has 1 heterocycles. The number of fused-ring (bicyclic) bond motifs is 1. The summed E-state index contributed by atoms with van der Waals surface area (Å²) in [5.74, 6) is -0.206. The molecule has 0 aliphatic carbocycles. The maximum absolute atomic E-state index is 12.1. The molecule has 0 bridgehead atoms. The van der Waals surface area contributed by atoms with Gasteiger partial charge in [-0.3, -0.25) is 4.79 Å². The van der Waals surface area contributed by atoms with Gasteiger partial charge in [0, 0.05) is 23.1 Å². The van der Waals surface area contributed by atoms with Crippen molar-refractivity contribution in [2.24, 2.45) is 5.73 Å². The van der Waals surface area contributed by atoms with E-state index in [2.05, 4.69) is 16.4 Å². The fourth-order valence-electron chi connectivity index (χ4n) is 2.35. The van der Waals surface area contributed by atoms with Crippen LogP contribution in [0.3, 0.4) is 0 Å². The molecular formula is C16H20N4O. The van der Waals surface area contributed by atoms with E-state index in [0.717, 1.165) is 22.9 Å². The zero-order valence-electron chi connectivity index (χ0n) is 12.1. The minimum Gasteiger partial charge on any atom is -0.361 e. The molecule has 5 nitrogen and oxygen atoms in total. The first-order valence-electron chi connectivity index (χ1n) is 7.13. The number of H-pyrrole nitrogens is 1. The number of amides is 1. The van der Waals surface area contributed by atoms with Crippen LogP contribution in [-0.4, -0.2) is 23.0 Å². The third-order valence-corrected chi connectivity index (χ3v) is 3.63. The molecule has 0 aliphatic heterocycles. The topological polar surface area (TPSA) is 94.7 Å². The molecule has 1 amide bonds. The number of aromatic nitrogens is 1. The molecular weight excluding hydrogens is 264 g/mol. The number of nitrogens with one attached hydrogen (secondary N) is 2. The Hall–Kier alpha value is -2.32. The number of nitrogens with two attached hydrogens (primary N) is 1. The first kappa shape index (κ1) is 15.1. The van der Waals surface area contributed by atoms with Crippen molar-refractivity contribution < 1.29 is 4.79 Å². The zero-order valence-corrected chi connectivity index (χ0v) is 12.1. The molecule has 2 atom stereocenters. The summed E-state index contributed by atoms with van der Waals surface area (Å²) in [6.07, 6.45) is 3.39. The summed E-state index contributed by atoms with van der Waals surface area (Å²) in [6, 6.07) is 9.26. The number of aromatic amines is 1. The van der Waals surface area contributed by atoms with Gasteiger partial charge in [0.05, 0.1) is 18.5 Å². The Kier molecular flexibility index (Phi) is 4.96. The Bertz CT molecular complexity index is 656. The lowest BCUT2D eigenvalue weighted by atomic mass is 10.0. The van der Waals surface area contributed by atoms with Gasteiger partial charge in [-0.25, -0.2) is 0 Å². The van der Waals surface area contributed by atoms with Crippen molar-refractivity contribution >= 4 is 16.8 Å². The third kappa shape index (κ3) is 3.61. The second-order valence-corrected chi connectivity index (χ2v) is 5.15. The van der Waals surface area contributed by atoms with E-state index in [1.807, 2.05) is 37.4 Å². The van der Waals surface area contributed by atoms with Crippen LogP contribution in [0.1, 0.15) is 25.3 Å². The molecule has 1 aromatic heterocycles. The first-order chi connectivity index (χ1) is 10.2. The minimum absolute atomic E-state index is 0.128. The van der Waals surface area contributed by atoms with Crippen molar-refractivity contribution in [1.82, 2.24) is 10.3 Å². The largest absolute Gasteiger partial charge is 0.361 e. The van der Waals surface area contributed by atoms with Gasteiger partial charge in [0.2, 0.25) is 5.91 Å². The van der Waals surface area contributed by atoms with Crippen LogP contribution in [0.4, 0.5) is 0 Å². The van der Waals surface area contributed by atoms with Crippen LogP contribution in [0.2, 0.25) is 0 Å². The first-order valence-corrected chi connectivity index (χ1v) is 7.13. The van der Waals surface area contributed by atoms with Gasteiger partial charge in [0.1, 0.15) is 0 Å². The summed E-state index contributed by atoms with van der Waals surface area (Å²) in [7, 11) is 0. The highest BCUT2D eigenvalue weighted by atomic mass is 16.2. The van der Waals surface area contributed by atoms with Crippen LogP contribution in [0.25, 0.3) is 10.9 Å². The average molecular weight is 284 g/mol. The molecule has 4 N–H and O–H groups in total. The van der Waals surface area contributed by atoms with Gasteiger partial charge in [-0.15, -0.1) is 0 Å². The lowest BCUT2D eigenvalue weighted by molar-refractivity contribution is -0.123. The Balaban J connectivity index is 2.02. The number of para-hydroxylation sites is 1. The Morgan fingerprint density at radius 1 is 1.48 bits per heavy atom. The highest BCUT2D eigenvalue weighted by Gasteiger charge is 2.18. The second-order valence-electron chi connectivity index (χ2n) is 5.15. The van der Waals surface area contributed by atoms with Crippen LogP contribution in [-0.2, 0) is 11.2 Å². The summed E-state index contributed by atoms with van der Waals surface area (Å²) in [6.45, 7) is 1.94.